The van der Waals surface area contributed by atoms with Crippen molar-refractivity contribution >= 4 is 15.8 Å². The van der Waals surface area contributed by atoms with Gasteiger partial charge in [-0.25, -0.2) is 0 Å². The molecule has 0 aliphatic carbocycles. The molecule has 0 atom stereocenters. The minimum Gasteiger partial charge on any atom is -0.492 e. The van der Waals surface area contributed by atoms with Crippen LogP contribution < -0.4 is 5.73 Å². The molecule has 0 aliphatic rings. The number of nitrogens with two attached hydrogens (primary N) is 1. The second kappa shape index (κ2) is 4.00. The number of hydrogen-bond acceptors (Lipinski definition) is 5. The molecule has 0 amide bonds. The maximum atomic E-state index is 11.2. The summed E-state index contributed by atoms with van der Waals surface area (Å²) in [4.78, 5) is -0.359. The fourth-order valence-corrected chi connectivity index (χ4v) is 2.21. The highest BCUT2D eigenvalue weighted by atomic mass is 32.2. The van der Waals surface area contributed by atoms with Crippen LogP contribution in [0.2, 0.25) is 0 Å². The van der Waals surface area contributed by atoms with E-state index in [9.17, 15) is 13.5 Å². The molecule has 0 saturated carbocycles. The lowest BCUT2D eigenvalue weighted by atomic mass is 10.3. The molecule has 7 nitrogen and oxygen atoms in total. The van der Waals surface area contributed by atoms with Crippen LogP contribution in [-0.4, -0.2) is 27.9 Å². The van der Waals surface area contributed by atoms with E-state index in [2.05, 4.69) is 5.10 Å². The van der Waals surface area contributed by atoms with Gasteiger partial charge in [0.1, 0.15) is 10.6 Å². The molecular weight excluding hydrogens is 258 g/mol. The Hall–Kier alpha value is -2.06. The summed E-state index contributed by atoms with van der Waals surface area (Å²) < 4.78 is 32.5. The Morgan fingerprint density at radius 1 is 1.33 bits per heavy atom. The molecule has 2 rings (SSSR count). The van der Waals surface area contributed by atoms with Gasteiger partial charge in [-0.05, 0) is 19.1 Å². The summed E-state index contributed by atoms with van der Waals surface area (Å²) in [5.74, 6) is -0.372. The molecule has 4 N–H and O–H groups in total. The van der Waals surface area contributed by atoms with E-state index in [0.29, 0.717) is 5.69 Å². The number of aryl methyl sites for hydroxylation is 1. The van der Waals surface area contributed by atoms with Crippen LogP contribution >= 0.6 is 0 Å². The summed E-state index contributed by atoms with van der Waals surface area (Å²) in [6, 6.07) is 5.60. The van der Waals surface area contributed by atoms with E-state index < -0.39 is 10.1 Å². The van der Waals surface area contributed by atoms with Gasteiger partial charge >= 0.3 is 0 Å². The highest BCUT2D eigenvalue weighted by molar-refractivity contribution is 7.86. The maximum Gasteiger partial charge on any atom is 0.296 e. The van der Waals surface area contributed by atoms with Crippen molar-refractivity contribution < 1.29 is 18.1 Å². The van der Waals surface area contributed by atoms with Gasteiger partial charge in [-0.15, -0.1) is 0 Å². The van der Waals surface area contributed by atoms with Crippen molar-refractivity contribution in [2.75, 3.05) is 5.73 Å². The molecule has 0 unspecified atom stereocenters. The Labute approximate surface area is 103 Å². The van der Waals surface area contributed by atoms with E-state index in [1.54, 1.807) is 13.0 Å². The third-order valence-corrected chi connectivity index (χ3v) is 3.35. The van der Waals surface area contributed by atoms with Gasteiger partial charge in [0.15, 0.2) is 0 Å². The van der Waals surface area contributed by atoms with Crippen LogP contribution in [0.5, 0.6) is 5.88 Å². The standard InChI is InChI=1S/C10H11N3O4S/c1-6-9(11)10(14)13(12-6)7-4-2-3-5-8(7)18(15,16)17/h2-5,14H,11H2,1H3,(H,15,16,17). The zero-order valence-corrected chi connectivity index (χ0v) is 10.2. The highest BCUT2D eigenvalue weighted by Gasteiger charge is 2.20. The van der Waals surface area contributed by atoms with E-state index >= 15 is 0 Å². The predicted octanol–water partition coefficient (Wildman–Crippen LogP) is 0.715. The van der Waals surface area contributed by atoms with Crippen molar-refractivity contribution in [3.8, 4) is 11.6 Å². The zero-order valence-electron chi connectivity index (χ0n) is 9.40. The third kappa shape index (κ3) is 1.91. The predicted molar refractivity (Wildman–Crippen MR) is 64.2 cm³/mol. The monoisotopic (exact) mass is 269 g/mol. The molecule has 96 valence electrons. The van der Waals surface area contributed by atoms with Crippen molar-refractivity contribution in [2.45, 2.75) is 11.8 Å². The molecule has 8 heteroatoms. The Bertz CT molecular complexity index is 706. The molecule has 0 radical (unpaired) electrons. The fraction of sp³-hybridized carbons (Fsp3) is 0.100. The van der Waals surface area contributed by atoms with Crippen LogP contribution in [0.4, 0.5) is 5.69 Å². The first-order chi connectivity index (χ1) is 8.32. The van der Waals surface area contributed by atoms with E-state index in [1.807, 2.05) is 0 Å². The summed E-state index contributed by atoms with van der Waals surface area (Å²) in [6.07, 6.45) is 0. The Balaban J connectivity index is 2.76. The lowest BCUT2D eigenvalue weighted by Crippen LogP contribution is -2.06. The average Bonchev–Trinajstić information content (AvgIpc) is 2.56. The Morgan fingerprint density at radius 3 is 2.44 bits per heavy atom. The fourth-order valence-electron chi connectivity index (χ4n) is 1.55. The van der Waals surface area contributed by atoms with Crippen LogP contribution in [0.3, 0.4) is 0 Å². The lowest BCUT2D eigenvalue weighted by Gasteiger charge is -2.07. The van der Waals surface area contributed by atoms with Gasteiger partial charge in [-0.2, -0.15) is 18.2 Å². The molecule has 0 saturated heterocycles. The number of nitrogen functional groups attached to an aromatic ring is 1. The van der Waals surface area contributed by atoms with Gasteiger partial charge in [-0.3, -0.25) is 4.55 Å². The quantitative estimate of drug-likeness (QED) is 0.691. The zero-order chi connectivity index (χ0) is 13.5. The van der Waals surface area contributed by atoms with Gasteiger partial charge in [0.2, 0.25) is 5.88 Å². The number of aromatic hydroxyl groups is 1. The molecule has 1 aromatic carbocycles. The van der Waals surface area contributed by atoms with E-state index in [4.69, 9.17) is 10.3 Å². The van der Waals surface area contributed by atoms with Crippen molar-refractivity contribution in [1.82, 2.24) is 9.78 Å². The van der Waals surface area contributed by atoms with E-state index in [-0.39, 0.29) is 22.2 Å². The number of benzene rings is 1. The largest absolute Gasteiger partial charge is 0.492 e. The SMILES string of the molecule is Cc1nn(-c2ccccc2S(=O)(=O)O)c(O)c1N. The molecule has 2 aromatic rings. The summed E-state index contributed by atoms with van der Waals surface area (Å²) >= 11 is 0. The molecule has 0 fully saturated rings. The number of aromatic nitrogens is 2. The van der Waals surface area contributed by atoms with Gasteiger partial charge in [-0.1, -0.05) is 12.1 Å². The molecule has 0 bridgehead atoms. The first kappa shape index (κ1) is 12.4. The molecule has 0 spiro atoms. The highest BCUT2D eigenvalue weighted by Crippen LogP contribution is 2.29. The molecule has 1 heterocycles. The number of anilines is 1. The van der Waals surface area contributed by atoms with Crippen LogP contribution in [-0.2, 0) is 10.1 Å². The Morgan fingerprint density at radius 2 is 1.94 bits per heavy atom. The molecule has 0 aliphatic heterocycles. The third-order valence-electron chi connectivity index (χ3n) is 2.45. The molecule has 18 heavy (non-hydrogen) atoms. The summed E-state index contributed by atoms with van der Waals surface area (Å²) in [5.41, 5.74) is 5.99. The molecular formula is C10H11N3O4S. The normalized spacial score (nSPS) is 11.7. The van der Waals surface area contributed by atoms with Crippen LogP contribution in [0.25, 0.3) is 5.69 Å². The first-order valence-electron chi connectivity index (χ1n) is 4.93. The number of para-hydroxylation sites is 1. The average molecular weight is 269 g/mol. The minimum absolute atomic E-state index is 0.0253. The van der Waals surface area contributed by atoms with Gasteiger partial charge in [0, 0.05) is 0 Å². The number of hydrogen-bond donors (Lipinski definition) is 3. The van der Waals surface area contributed by atoms with Crippen molar-refractivity contribution in [3.63, 3.8) is 0 Å². The van der Waals surface area contributed by atoms with E-state index in [1.165, 1.54) is 18.2 Å². The second-order valence-electron chi connectivity index (χ2n) is 3.68. The minimum atomic E-state index is -4.41. The summed E-state index contributed by atoms with van der Waals surface area (Å²) in [5, 5.41) is 13.7. The van der Waals surface area contributed by atoms with Gasteiger partial charge in [0.05, 0.1) is 11.4 Å². The van der Waals surface area contributed by atoms with E-state index in [0.717, 1.165) is 4.68 Å². The van der Waals surface area contributed by atoms with Crippen LogP contribution in [0, 0.1) is 6.92 Å². The van der Waals surface area contributed by atoms with Crippen molar-refractivity contribution in [1.29, 1.82) is 0 Å². The smallest absolute Gasteiger partial charge is 0.296 e. The number of rotatable bonds is 2. The summed E-state index contributed by atoms with van der Waals surface area (Å²) in [7, 11) is -4.41. The lowest BCUT2D eigenvalue weighted by molar-refractivity contribution is 0.434. The molecule has 1 aromatic heterocycles. The topological polar surface area (TPSA) is 118 Å². The maximum absolute atomic E-state index is 11.2. The van der Waals surface area contributed by atoms with Crippen LogP contribution in [0.15, 0.2) is 29.2 Å². The second-order valence-corrected chi connectivity index (χ2v) is 5.07. The van der Waals surface area contributed by atoms with Crippen molar-refractivity contribution in [2.24, 2.45) is 0 Å². The summed E-state index contributed by atoms with van der Waals surface area (Å²) in [6.45, 7) is 1.57. The van der Waals surface area contributed by atoms with Gasteiger partial charge < -0.3 is 10.8 Å². The van der Waals surface area contributed by atoms with Gasteiger partial charge in [0.25, 0.3) is 10.1 Å². The Kier molecular flexibility index (Phi) is 2.76. The van der Waals surface area contributed by atoms with Crippen molar-refractivity contribution in [3.05, 3.63) is 30.0 Å². The number of nitrogens with zero attached hydrogens (tertiary/aromatic N) is 2. The first-order valence-corrected chi connectivity index (χ1v) is 6.37. The van der Waals surface area contributed by atoms with Crippen LogP contribution in [0.1, 0.15) is 5.69 Å².